The molecule has 0 aliphatic rings. The predicted molar refractivity (Wildman–Crippen MR) is 78.1 cm³/mol. The highest BCUT2D eigenvalue weighted by molar-refractivity contribution is 9.10. The van der Waals surface area contributed by atoms with Gasteiger partial charge in [-0.15, -0.1) is 0 Å². The number of nitrogens with two attached hydrogens (primary N) is 1. The molecule has 0 heterocycles. The number of hydrogen-bond donors (Lipinski definition) is 1. The third-order valence-electron chi connectivity index (χ3n) is 3.25. The molecule has 0 amide bonds. The minimum atomic E-state index is 0.436. The summed E-state index contributed by atoms with van der Waals surface area (Å²) in [6.07, 6.45) is 1.10. The van der Waals surface area contributed by atoms with Crippen molar-refractivity contribution in [1.29, 1.82) is 0 Å². The average Bonchev–Trinajstić information content (AvgIpc) is 2.28. The standard InChI is InChI=1S/C14H23BrN2/c1-10(9-16)7-14(17(3)4)13-8-12(15)6-5-11(13)2/h5-6,8,10,14H,7,9,16H2,1-4H3. The summed E-state index contributed by atoms with van der Waals surface area (Å²) in [5, 5.41) is 0. The van der Waals surface area contributed by atoms with E-state index in [1.807, 2.05) is 0 Å². The Balaban J connectivity index is 3.00. The van der Waals surface area contributed by atoms with Crippen LogP contribution in [-0.4, -0.2) is 25.5 Å². The summed E-state index contributed by atoms with van der Waals surface area (Å²) in [7, 11) is 4.27. The van der Waals surface area contributed by atoms with Crippen LogP contribution in [0.1, 0.15) is 30.5 Å². The Hall–Kier alpha value is -0.380. The minimum absolute atomic E-state index is 0.436. The number of halogens is 1. The predicted octanol–water partition coefficient (Wildman–Crippen LogP) is 3.35. The summed E-state index contributed by atoms with van der Waals surface area (Å²) in [6.45, 7) is 5.13. The molecule has 0 aliphatic carbocycles. The first kappa shape index (κ1) is 14.7. The lowest BCUT2D eigenvalue weighted by molar-refractivity contribution is 0.254. The van der Waals surface area contributed by atoms with E-state index >= 15 is 0 Å². The van der Waals surface area contributed by atoms with Crippen LogP contribution in [0.4, 0.5) is 0 Å². The van der Waals surface area contributed by atoms with E-state index < -0.39 is 0 Å². The Morgan fingerprint density at radius 3 is 2.53 bits per heavy atom. The van der Waals surface area contributed by atoms with Crippen molar-refractivity contribution in [3.05, 3.63) is 33.8 Å². The summed E-state index contributed by atoms with van der Waals surface area (Å²) >= 11 is 3.55. The number of aryl methyl sites for hydroxylation is 1. The molecule has 17 heavy (non-hydrogen) atoms. The third kappa shape index (κ3) is 4.09. The molecule has 2 unspecified atom stereocenters. The molecule has 0 fully saturated rings. The second kappa shape index (κ2) is 6.53. The molecule has 96 valence electrons. The van der Waals surface area contributed by atoms with E-state index in [0.29, 0.717) is 12.0 Å². The van der Waals surface area contributed by atoms with Crippen molar-refractivity contribution in [1.82, 2.24) is 4.90 Å². The molecular formula is C14H23BrN2. The molecule has 0 bridgehead atoms. The van der Waals surface area contributed by atoms with E-state index in [0.717, 1.165) is 17.4 Å². The van der Waals surface area contributed by atoms with Crippen LogP contribution in [0.2, 0.25) is 0 Å². The monoisotopic (exact) mass is 298 g/mol. The van der Waals surface area contributed by atoms with E-state index in [1.54, 1.807) is 0 Å². The second-order valence-electron chi connectivity index (χ2n) is 5.06. The van der Waals surface area contributed by atoms with Gasteiger partial charge in [0, 0.05) is 10.5 Å². The van der Waals surface area contributed by atoms with Crippen LogP contribution in [0.3, 0.4) is 0 Å². The van der Waals surface area contributed by atoms with Gasteiger partial charge in [-0.05, 0) is 63.2 Å². The van der Waals surface area contributed by atoms with Crippen LogP contribution < -0.4 is 5.73 Å². The molecule has 1 rings (SSSR count). The molecule has 1 aromatic rings. The second-order valence-corrected chi connectivity index (χ2v) is 5.97. The largest absolute Gasteiger partial charge is 0.330 e. The molecule has 0 saturated carbocycles. The van der Waals surface area contributed by atoms with Crippen molar-refractivity contribution >= 4 is 15.9 Å². The Labute approximate surface area is 113 Å². The first-order chi connectivity index (χ1) is 7.95. The van der Waals surface area contributed by atoms with Crippen LogP contribution in [0.15, 0.2) is 22.7 Å². The fraction of sp³-hybridized carbons (Fsp3) is 0.571. The fourth-order valence-electron chi connectivity index (χ4n) is 2.06. The molecule has 2 atom stereocenters. The van der Waals surface area contributed by atoms with Crippen LogP contribution in [0.25, 0.3) is 0 Å². The van der Waals surface area contributed by atoms with Crippen LogP contribution in [-0.2, 0) is 0 Å². The number of rotatable bonds is 5. The van der Waals surface area contributed by atoms with Crippen LogP contribution in [0, 0.1) is 12.8 Å². The fourth-order valence-corrected chi connectivity index (χ4v) is 2.44. The smallest absolute Gasteiger partial charge is 0.0348 e. The van der Waals surface area contributed by atoms with Gasteiger partial charge in [0.1, 0.15) is 0 Å². The van der Waals surface area contributed by atoms with E-state index in [9.17, 15) is 0 Å². The van der Waals surface area contributed by atoms with Gasteiger partial charge in [0.25, 0.3) is 0 Å². The number of benzene rings is 1. The van der Waals surface area contributed by atoms with Gasteiger partial charge in [0.2, 0.25) is 0 Å². The number of nitrogens with zero attached hydrogens (tertiary/aromatic N) is 1. The van der Waals surface area contributed by atoms with Gasteiger partial charge >= 0.3 is 0 Å². The maximum atomic E-state index is 5.74. The molecule has 0 saturated heterocycles. The van der Waals surface area contributed by atoms with Crippen molar-refractivity contribution < 1.29 is 0 Å². The lowest BCUT2D eigenvalue weighted by atomic mass is 9.92. The zero-order valence-electron chi connectivity index (χ0n) is 11.2. The van der Waals surface area contributed by atoms with Crippen molar-refractivity contribution in [3.63, 3.8) is 0 Å². The van der Waals surface area contributed by atoms with Gasteiger partial charge in [-0.1, -0.05) is 28.9 Å². The van der Waals surface area contributed by atoms with E-state index in [-0.39, 0.29) is 0 Å². The van der Waals surface area contributed by atoms with E-state index in [1.165, 1.54) is 11.1 Å². The van der Waals surface area contributed by atoms with Crippen LogP contribution in [0.5, 0.6) is 0 Å². The number of hydrogen-bond acceptors (Lipinski definition) is 2. The first-order valence-corrected chi connectivity index (χ1v) is 6.87. The maximum absolute atomic E-state index is 5.74. The third-order valence-corrected chi connectivity index (χ3v) is 3.74. The molecule has 0 aliphatic heterocycles. The van der Waals surface area contributed by atoms with Gasteiger partial charge in [0.15, 0.2) is 0 Å². The summed E-state index contributed by atoms with van der Waals surface area (Å²) in [6, 6.07) is 6.93. The lowest BCUT2D eigenvalue weighted by Crippen LogP contribution is -2.25. The quantitative estimate of drug-likeness (QED) is 0.903. The Kier molecular flexibility index (Phi) is 5.63. The molecule has 0 aromatic heterocycles. The molecular weight excluding hydrogens is 276 g/mol. The Morgan fingerprint density at radius 1 is 1.35 bits per heavy atom. The Morgan fingerprint density at radius 2 is 2.00 bits per heavy atom. The summed E-state index contributed by atoms with van der Waals surface area (Å²) in [5.41, 5.74) is 8.48. The topological polar surface area (TPSA) is 29.3 Å². The molecule has 1 aromatic carbocycles. The van der Waals surface area contributed by atoms with Gasteiger partial charge in [-0.3, -0.25) is 0 Å². The molecule has 3 heteroatoms. The zero-order chi connectivity index (χ0) is 13.0. The van der Waals surface area contributed by atoms with Crippen molar-refractivity contribution in [3.8, 4) is 0 Å². The molecule has 2 nitrogen and oxygen atoms in total. The van der Waals surface area contributed by atoms with Gasteiger partial charge in [-0.2, -0.15) is 0 Å². The van der Waals surface area contributed by atoms with E-state index in [4.69, 9.17) is 5.73 Å². The summed E-state index contributed by atoms with van der Waals surface area (Å²) in [5.74, 6) is 0.542. The highest BCUT2D eigenvalue weighted by Crippen LogP contribution is 2.30. The van der Waals surface area contributed by atoms with Crippen molar-refractivity contribution in [2.45, 2.75) is 26.3 Å². The normalized spacial score (nSPS) is 15.0. The van der Waals surface area contributed by atoms with Crippen molar-refractivity contribution in [2.75, 3.05) is 20.6 Å². The van der Waals surface area contributed by atoms with Gasteiger partial charge in [-0.25, -0.2) is 0 Å². The minimum Gasteiger partial charge on any atom is -0.330 e. The highest BCUT2D eigenvalue weighted by atomic mass is 79.9. The van der Waals surface area contributed by atoms with E-state index in [2.05, 4.69) is 67.0 Å². The Bertz CT molecular complexity index is 363. The molecule has 0 radical (unpaired) electrons. The van der Waals surface area contributed by atoms with Crippen LogP contribution >= 0.6 is 15.9 Å². The average molecular weight is 299 g/mol. The molecule has 2 N–H and O–H groups in total. The first-order valence-electron chi connectivity index (χ1n) is 6.08. The zero-order valence-corrected chi connectivity index (χ0v) is 12.8. The van der Waals surface area contributed by atoms with Gasteiger partial charge in [0.05, 0.1) is 0 Å². The summed E-state index contributed by atoms with van der Waals surface area (Å²) in [4.78, 5) is 2.28. The highest BCUT2D eigenvalue weighted by Gasteiger charge is 2.18. The van der Waals surface area contributed by atoms with Crippen molar-refractivity contribution in [2.24, 2.45) is 11.7 Å². The lowest BCUT2D eigenvalue weighted by Gasteiger charge is -2.28. The van der Waals surface area contributed by atoms with Gasteiger partial charge < -0.3 is 10.6 Å². The summed E-state index contributed by atoms with van der Waals surface area (Å²) < 4.78 is 1.14. The molecule has 0 spiro atoms. The maximum Gasteiger partial charge on any atom is 0.0348 e. The SMILES string of the molecule is Cc1ccc(Br)cc1C(CC(C)CN)N(C)C.